The number of Topliss-reactive ketones (excluding diaryl/α,β-unsaturated/α-hetero) is 1. The number of nitrogens with two attached hydrogens (primary N) is 1. The molecule has 1 aromatic heterocycles. The molecule has 0 bridgehead atoms. The molecule has 1 aliphatic heterocycles. The first kappa shape index (κ1) is 20.1. The number of thiophene rings is 1. The van der Waals surface area contributed by atoms with E-state index in [2.05, 4.69) is 13.8 Å². The summed E-state index contributed by atoms with van der Waals surface area (Å²) < 4.78 is 1.03. The maximum absolute atomic E-state index is 12.6. The standard InChI is InChI=1S/C21H25ClN2O2S/c1-3-24(4-2)10-9-17-19(13-24)27-18(20(17)21(23)26)12-16(25)11-14-5-7-15(22)8-6-14/h5-8H,3-4,9-13H2,1-2H3,(H-,23,26)/p+1. The van der Waals surface area contributed by atoms with E-state index in [4.69, 9.17) is 17.3 Å². The molecule has 4 nitrogen and oxygen atoms in total. The zero-order chi connectivity index (χ0) is 19.6. The highest BCUT2D eigenvalue weighted by molar-refractivity contribution is 7.12. The molecule has 0 fully saturated rings. The van der Waals surface area contributed by atoms with Gasteiger partial charge in [-0.1, -0.05) is 23.7 Å². The van der Waals surface area contributed by atoms with Gasteiger partial charge in [-0.2, -0.15) is 0 Å². The first-order valence-corrected chi connectivity index (χ1v) is 10.6. The van der Waals surface area contributed by atoms with Gasteiger partial charge < -0.3 is 10.2 Å². The highest BCUT2D eigenvalue weighted by Gasteiger charge is 2.35. The number of carbonyl (C=O) groups excluding carboxylic acids is 2. The third kappa shape index (κ3) is 4.26. The largest absolute Gasteiger partial charge is 0.366 e. The average Bonchev–Trinajstić information content (AvgIpc) is 3.00. The van der Waals surface area contributed by atoms with Crippen LogP contribution in [0.4, 0.5) is 0 Å². The van der Waals surface area contributed by atoms with Gasteiger partial charge in [0.25, 0.3) is 0 Å². The number of hydrogen-bond donors (Lipinski definition) is 1. The highest BCUT2D eigenvalue weighted by atomic mass is 35.5. The van der Waals surface area contributed by atoms with E-state index in [9.17, 15) is 9.59 Å². The Morgan fingerprint density at radius 3 is 2.41 bits per heavy atom. The molecular weight excluding hydrogens is 380 g/mol. The molecule has 0 atom stereocenters. The minimum Gasteiger partial charge on any atom is -0.366 e. The Bertz CT molecular complexity index is 854. The number of carbonyl (C=O) groups is 2. The summed E-state index contributed by atoms with van der Waals surface area (Å²) in [4.78, 5) is 26.8. The van der Waals surface area contributed by atoms with E-state index in [-0.39, 0.29) is 12.2 Å². The van der Waals surface area contributed by atoms with Crippen molar-refractivity contribution in [1.82, 2.24) is 0 Å². The number of amides is 1. The van der Waals surface area contributed by atoms with Crippen LogP contribution in [0.5, 0.6) is 0 Å². The van der Waals surface area contributed by atoms with Crippen LogP contribution >= 0.6 is 22.9 Å². The van der Waals surface area contributed by atoms with Crippen LogP contribution in [0.15, 0.2) is 24.3 Å². The van der Waals surface area contributed by atoms with Crippen molar-refractivity contribution in [3.8, 4) is 0 Å². The summed E-state index contributed by atoms with van der Waals surface area (Å²) in [6.45, 7) is 8.53. The molecule has 6 heteroatoms. The van der Waals surface area contributed by atoms with Crippen molar-refractivity contribution in [3.05, 3.63) is 55.7 Å². The number of likely N-dealkylation sites (N-methyl/N-ethyl adjacent to an activating group) is 1. The molecule has 0 saturated carbocycles. The van der Waals surface area contributed by atoms with Crippen LogP contribution in [-0.4, -0.2) is 35.8 Å². The van der Waals surface area contributed by atoms with Crippen LogP contribution in [0.25, 0.3) is 0 Å². The number of nitrogens with zero attached hydrogens (tertiary/aromatic N) is 1. The second kappa shape index (κ2) is 8.13. The van der Waals surface area contributed by atoms with Crippen molar-refractivity contribution in [3.63, 3.8) is 0 Å². The van der Waals surface area contributed by atoms with E-state index in [0.717, 1.165) is 53.1 Å². The van der Waals surface area contributed by atoms with E-state index in [1.807, 2.05) is 12.1 Å². The number of rotatable bonds is 7. The van der Waals surface area contributed by atoms with Gasteiger partial charge in [-0.3, -0.25) is 9.59 Å². The van der Waals surface area contributed by atoms with Crippen molar-refractivity contribution < 1.29 is 14.1 Å². The number of ketones is 1. The molecule has 0 unspecified atom stereocenters. The van der Waals surface area contributed by atoms with Gasteiger partial charge in [0.2, 0.25) is 5.91 Å². The minimum atomic E-state index is -0.408. The van der Waals surface area contributed by atoms with Crippen LogP contribution in [0.1, 0.15) is 45.1 Å². The van der Waals surface area contributed by atoms with E-state index < -0.39 is 5.91 Å². The molecule has 2 N–H and O–H groups in total. The van der Waals surface area contributed by atoms with E-state index in [1.165, 1.54) is 4.88 Å². The summed E-state index contributed by atoms with van der Waals surface area (Å²) in [7, 11) is 0. The van der Waals surface area contributed by atoms with Crippen molar-refractivity contribution in [2.24, 2.45) is 5.73 Å². The molecule has 1 aromatic carbocycles. The van der Waals surface area contributed by atoms with Crippen LogP contribution in [-0.2, 0) is 30.6 Å². The fourth-order valence-electron chi connectivity index (χ4n) is 3.94. The lowest BCUT2D eigenvalue weighted by molar-refractivity contribution is -0.939. The predicted octanol–water partition coefficient (Wildman–Crippen LogP) is 3.77. The second-order valence-corrected chi connectivity index (χ2v) is 8.92. The lowest BCUT2D eigenvalue weighted by Gasteiger charge is -2.39. The highest BCUT2D eigenvalue weighted by Crippen LogP contribution is 2.36. The number of primary amides is 1. The number of hydrogen-bond acceptors (Lipinski definition) is 3. The number of halogens is 1. The number of quaternary nitrogens is 1. The summed E-state index contributed by atoms with van der Waals surface area (Å²) in [6.07, 6.45) is 1.45. The average molecular weight is 406 g/mol. The second-order valence-electron chi connectivity index (χ2n) is 7.29. The SMILES string of the molecule is CC[N+]1(CC)CCc2c(sc(CC(=O)Cc3ccc(Cl)cc3)c2C(N)=O)C1. The van der Waals surface area contributed by atoms with Gasteiger partial charge in [-0.15, -0.1) is 11.3 Å². The maximum atomic E-state index is 12.6. The van der Waals surface area contributed by atoms with E-state index >= 15 is 0 Å². The van der Waals surface area contributed by atoms with Gasteiger partial charge in [-0.05, 0) is 37.1 Å². The van der Waals surface area contributed by atoms with Gasteiger partial charge in [0, 0.05) is 29.2 Å². The quantitative estimate of drug-likeness (QED) is 0.713. The fourth-order valence-corrected chi connectivity index (χ4v) is 5.59. The molecule has 0 spiro atoms. The normalized spacial score (nSPS) is 15.4. The van der Waals surface area contributed by atoms with Crippen molar-refractivity contribution in [1.29, 1.82) is 0 Å². The first-order chi connectivity index (χ1) is 12.9. The van der Waals surface area contributed by atoms with Crippen molar-refractivity contribution >= 4 is 34.6 Å². The Morgan fingerprint density at radius 2 is 1.81 bits per heavy atom. The summed E-state index contributed by atoms with van der Waals surface area (Å²) in [6, 6.07) is 7.30. The molecule has 3 rings (SSSR count). The summed E-state index contributed by atoms with van der Waals surface area (Å²) >= 11 is 7.51. The molecular formula is C21H26ClN2O2S+. The van der Waals surface area contributed by atoms with Gasteiger partial charge in [-0.25, -0.2) is 0 Å². The molecule has 144 valence electrons. The Balaban J connectivity index is 1.83. The van der Waals surface area contributed by atoms with Crippen LogP contribution < -0.4 is 5.73 Å². The topological polar surface area (TPSA) is 60.2 Å². The maximum Gasteiger partial charge on any atom is 0.250 e. The fraction of sp³-hybridized carbons (Fsp3) is 0.429. The van der Waals surface area contributed by atoms with Crippen LogP contribution in [0.3, 0.4) is 0 Å². The lowest BCUT2D eigenvalue weighted by atomic mass is 9.97. The minimum absolute atomic E-state index is 0.0881. The Kier molecular flexibility index (Phi) is 6.04. The molecule has 1 amide bonds. The third-order valence-corrected chi connectivity index (χ3v) is 7.21. The number of fused-ring (bicyclic) bond motifs is 1. The van der Waals surface area contributed by atoms with Gasteiger partial charge >= 0.3 is 0 Å². The third-order valence-electron chi connectivity index (χ3n) is 5.74. The smallest absolute Gasteiger partial charge is 0.250 e. The zero-order valence-corrected chi connectivity index (χ0v) is 17.5. The summed E-state index contributed by atoms with van der Waals surface area (Å²) in [5.74, 6) is -0.319. The Labute approximate surface area is 169 Å². The number of benzene rings is 1. The Hall–Kier alpha value is -1.69. The molecule has 0 aliphatic carbocycles. The first-order valence-electron chi connectivity index (χ1n) is 9.42. The van der Waals surface area contributed by atoms with Crippen LogP contribution in [0.2, 0.25) is 5.02 Å². The van der Waals surface area contributed by atoms with Crippen molar-refractivity contribution in [2.45, 2.75) is 39.7 Å². The van der Waals surface area contributed by atoms with Gasteiger partial charge in [0.1, 0.15) is 12.3 Å². The van der Waals surface area contributed by atoms with Crippen molar-refractivity contribution in [2.75, 3.05) is 19.6 Å². The van der Waals surface area contributed by atoms with Gasteiger partial charge in [0.05, 0.1) is 30.1 Å². The van der Waals surface area contributed by atoms with Gasteiger partial charge in [0.15, 0.2) is 0 Å². The molecule has 0 saturated heterocycles. The zero-order valence-electron chi connectivity index (χ0n) is 15.9. The molecule has 0 radical (unpaired) electrons. The summed E-state index contributed by atoms with van der Waals surface area (Å²) in [5.41, 5.74) is 8.31. The molecule has 1 aliphatic rings. The summed E-state index contributed by atoms with van der Waals surface area (Å²) in [5, 5.41) is 0.654. The van der Waals surface area contributed by atoms with E-state index in [1.54, 1.807) is 23.5 Å². The van der Waals surface area contributed by atoms with Crippen LogP contribution in [0, 0.1) is 0 Å². The molecule has 27 heavy (non-hydrogen) atoms. The Morgan fingerprint density at radius 1 is 1.15 bits per heavy atom. The van der Waals surface area contributed by atoms with E-state index in [0.29, 0.717) is 17.0 Å². The molecule has 2 heterocycles. The molecule has 2 aromatic rings. The lowest BCUT2D eigenvalue weighted by Crippen LogP contribution is -2.50. The predicted molar refractivity (Wildman–Crippen MR) is 110 cm³/mol. The monoisotopic (exact) mass is 405 g/mol.